The Morgan fingerprint density at radius 2 is 2.29 bits per heavy atom. The van der Waals surface area contributed by atoms with E-state index in [1.165, 1.54) is 0 Å². The second-order valence-corrected chi connectivity index (χ2v) is 3.46. The van der Waals surface area contributed by atoms with Gasteiger partial charge in [-0.1, -0.05) is 0 Å². The van der Waals surface area contributed by atoms with Gasteiger partial charge in [0, 0.05) is 19.6 Å². The molecule has 0 bridgehead atoms. The van der Waals surface area contributed by atoms with E-state index in [1.54, 1.807) is 0 Å². The summed E-state index contributed by atoms with van der Waals surface area (Å²) in [6.45, 7) is 1.08. The fourth-order valence-electron chi connectivity index (χ4n) is 1.48. The molecule has 1 rings (SSSR count). The minimum absolute atomic E-state index is 0.206. The van der Waals surface area contributed by atoms with Gasteiger partial charge in [0.1, 0.15) is 6.54 Å². The molecule has 1 unspecified atom stereocenters. The fourth-order valence-corrected chi connectivity index (χ4v) is 1.48. The van der Waals surface area contributed by atoms with Gasteiger partial charge < -0.3 is 15.2 Å². The third kappa shape index (κ3) is 4.23. The van der Waals surface area contributed by atoms with E-state index in [-0.39, 0.29) is 18.4 Å². The van der Waals surface area contributed by atoms with Gasteiger partial charge in [-0.05, 0) is 18.8 Å². The summed E-state index contributed by atoms with van der Waals surface area (Å²) in [4.78, 5) is 21.3. The first-order valence-electron chi connectivity index (χ1n) is 4.74. The summed E-state index contributed by atoms with van der Waals surface area (Å²) in [6, 6.07) is 0. The maximum absolute atomic E-state index is 11.2. The lowest BCUT2D eigenvalue weighted by molar-refractivity contribution is -0.138. The van der Waals surface area contributed by atoms with Crippen LogP contribution in [-0.4, -0.2) is 36.7 Å². The van der Waals surface area contributed by atoms with Crippen molar-refractivity contribution in [2.24, 2.45) is 5.92 Å². The van der Waals surface area contributed by atoms with Crippen LogP contribution >= 0.6 is 0 Å². The van der Waals surface area contributed by atoms with Gasteiger partial charge in [-0.3, -0.25) is 9.59 Å². The first-order chi connectivity index (χ1) is 6.68. The number of carboxylic acid groups (broad SMARTS) is 1. The molecule has 1 atom stereocenters. The quantitative estimate of drug-likeness (QED) is 0.671. The Hall–Kier alpha value is -1.10. The molecule has 0 radical (unpaired) electrons. The number of rotatable bonds is 4. The summed E-state index contributed by atoms with van der Waals surface area (Å²) >= 11 is 0. The lowest BCUT2D eigenvalue weighted by Gasteiger charge is -2.21. The zero-order valence-corrected chi connectivity index (χ0v) is 7.99. The van der Waals surface area contributed by atoms with Gasteiger partial charge in [0.25, 0.3) is 0 Å². The Morgan fingerprint density at radius 3 is 2.86 bits per heavy atom. The van der Waals surface area contributed by atoms with Gasteiger partial charge >= 0.3 is 5.97 Å². The van der Waals surface area contributed by atoms with Crippen molar-refractivity contribution in [3.8, 4) is 0 Å². The van der Waals surface area contributed by atoms with Crippen molar-refractivity contribution in [1.82, 2.24) is 5.32 Å². The number of carbonyl (C=O) groups excluding carboxylic acids is 1. The van der Waals surface area contributed by atoms with E-state index >= 15 is 0 Å². The smallest absolute Gasteiger partial charge is 0.322 e. The van der Waals surface area contributed by atoms with Gasteiger partial charge in [-0.2, -0.15) is 0 Å². The molecule has 1 heterocycles. The maximum atomic E-state index is 11.2. The minimum atomic E-state index is -1.02. The molecule has 1 saturated heterocycles. The number of nitrogens with one attached hydrogen (secondary N) is 1. The van der Waals surface area contributed by atoms with E-state index in [1.807, 2.05) is 0 Å². The van der Waals surface area contributed by atoms with Gasteiger partial charge in [0.15, 0.2) is 0 Å². The van der Waals surface area contributed by atoms with Crippen LogP contribution in [0.25, 0.3) is 0 Å². The van der Waals surface area contributed by atoms with Crippen LogP contribution in [0.4, 0.5) is 0 Å². The molecule has 1 amide bonds. The van der Waals surface area contributed by atoms with Crippen molar-refractivity contribution >= 4 is 11.9 Å². The van der Waals surface area contributed by atoms with E-state index in [9.17, 15) is 9.59 Å². The van der Waals surface area contributed by atoms with Crippen LogP contribution < -0.4 is 5.32 Å². The van der Waals surface area contributed by atoms with E-state index in [0.717, 1.165) is 19.4 Å². The highest BCUT2D eigenvalue weighted by atomic mass is 16.5. The zero-order valence-electron chi connectivity index (χ0n) is 7.99. The average molecular weight is 201 g/mol. The molecule has 0 aromatic heterocycles. The molecule has 5 nitrogen and oxygen atoms in total. The van der Waals surface area contributed by atoms with Crippen LogP contribution in [-0.2, 0) is 14.3 Å². The second kappa shape index (κ2) is 5.59. The van der Waals surface area contributed by atoms with Crippen molar-refractivity contribution in [1.29, 1.82) is 0 Å². The zero-order chi connectivity index (χ0) is 10.4. The highest BCUT2D eigenvalue weighted by Crippen LogP contribution is 2.16. The summed E-state index contributed by atoms with van der Waals surface area (Å²) < 4.78 is 5.21. The standard InChI is InChI=1S/C9H15NO4/c11-8(10-5-9(12)13)4-7-2-1-3-14-6-7/h7H,1-6H2,(H,10,11)(H,12,13). The van der Waals surface area contributed by atoms with E-state index in [4.69, 9.17) is 9.84 Å². The Morgan fingerprint density at radius 1 is 1.50 bits per heavy atom. The molecule has 1 aliphatic heterocycles. The molecule has 5 heteroatoms. The van der Waals surface area contributed by atoms with Crippen molar-refractivity contribution < 1.29 is 19.4 Å². The number of ether oxygens (including phenoxy) is 1. The number of carboxylic acids is 1. The second-order valence-electron chi connectivity index (χ2n) is 3.46. The summed E-state index contributed by atoms with van der Waals surface area (Å²) in [6.07, 6.45) is 2.34. The lowest BCUT2D eigenvalue weighted by atomic mass is 9.98. The van der Waals surface area contributed by atoms with Crippen LogP contribution in [0.5, 0.6) is 0 Å². The molecule has 0 aromatic carbocycles. The molecular formula is C9H15NO4. The molecule has 80 valence electrons. The average Bonchev–Trinajstić information content (AvgIpc) is 2.16. The molecule has 14 heavy (non-hydrogen) atoms. The fraction of sp³-hybridized carbons (Fsp3) is 0.778. The largest absolute Gasteiger partial charge is 0.480 e. The predicted molar refractivity (Wildman–Crippen MR) is 48.8 cm³/mol. The van der Waals surface area contributed by atoms with E-state index in [2.05, 4.69) is 5.32 Å². The van der Waals surface area contributed by atoms with Crippen molar-refractivity contribution in [2.75, 3.05) is 19.8 Å². The summed E-state index contributed by atoms with van der Waals surface area (Å²) in [5, 5.41) is 10.7. The Bertz CT molecular complexity index is 211. The summed E-state index contributed by atoms with van der Waals surface area (Å²) in [7, 11) is 0. The molecule has 1 aliphatic rings. The van der Waals surface area contributed by atoms with Gasteiger partial charge in [0.05, 0.1) is 0 Å². The van der Waals surface area contributed by atoms with Crippen LogP contribution in [0.15, 0.2) is 0 Å². The van der Waals surface area contributed by atoms with Gasteiger partial charge in [-0.25, -0.2) is 0 Å². The maximum Gasteiger partial charge on any atom is 0.322 e. The van der Waals surface area contributed by atoms with Crippen LogP contribution in [0.3, 0.4) is 0 Å². The number of amides is 1. The van der Waals surface area contributed by atoms with Crippen molar-refractivity contribution in [2.45, 2.75) is 19.3 Å². The molecule has 2 N–H and O–H groups in total. The van der Waals surface area contributed by atoms with Crippen LogP contribution in [0, 0.1) is 5.92 Å². The molecule has 0 aromatic rings. The summed E-state index contributed by atoms with van der Waals surface area (Å²) in [5.74, 6) is -0.973. The van der Waals surface area contributed by atoms with Crippen LogP contribution in [0.1, 0.15) is 19.3 Å². The molecular weight excluding hydrogens is 186 g/mol. The number of carbonyl (C=O) groups is 2. The van der Waals surface area contributed by atoms with Gasteiger partial charge in [-0.15, -0.1) is 0 Å². The monoisotopic (exact) mass is 201 g/mol. The molecule has 0 spiro atoms. The normalized spacial score (nSPS) is 21.6. The van der Waals surface area contributed by atoms with Crippen molar-refractivity contribution in [3.05, 3.63) is 0 Å². The lowest BCUT2D eigenvalue weighted by Crippen LogP contribution is -2.32. The third-order valence-electron chi connectivity index (χ3n) is 2.17. The van der Waals surface area contributed by atoms with E-state index in [0.29, 0.717) is 13.0 Å². The van der Waals surface area contributed by atoms with Gasteiger partial charge in [0.2, 0.25) is 5.91 Å². The molecule has 0 aliphatic carbocycles. The highest BCUT2D eigenvalue weighted by molar-refractivity contribution is 5.81. The predicted octanol–water partition coefficient (Wildman–Crippen LogP) is 0.00390. The minimum Gasteiger partial charge on any atom is -0.480 e. The third-order valence-corrected chi connectivity index (χ3v) is 2.17. The first-order valence-corrected chi connectivity index (χ1v) is 4.74. The topological polar surface area (TPSA) is 75.6 Å². The Balaban J connectivity index is 2.15. The highest BCUT2D eigenvalue weighted by Gasteiger charge is 2.17. The number of aliphatic carboxylic acids is 1. The molecule has 1 fully saturated rings. The SMILES string of the molecule is O=C(O)CNC(=O)CC1CCCOC1. The van der Waals surface area contributed by atoms with Crippen molar-refractivity contribution in [3.63, 3.8) is 0 Å². The van der Waals surface area contributed by atoms with Crippen LogP contribution in [0.2, 0.25) is 0 Å². The summed E-state index contributed by atoms with van der Waals surface area (Å²) in [5.41, 5.74) is 0. The first kappa shape index (κ1) is 11.0. The van der Waals surface area contributed by atoms with E-state index < -0.39 is 5.97 Å². The number of hydrogen-bond acceptors (Lipinski definition) is 3. The Labute approximate surface area is 82.4 Å². The number of hydrogen-bond donors (Lipinski definition) is 2. The molecule has 0 saturated carbocycles. The Kier molecular flexibility index (Phi) is 4.39.